The van der Waals surface area contributed by atoms with Gasteiger partial charge in [0.1, 0.15) is 0 Å². The van der Waals surface area contributed by atoms with Crippen molar-refractivity contribution in [3.05, 3.63) is 59.1 Å². The van der Waals surface area contributed by atoms with Crippen molar-refractivity contribution in [1.82, 2.24) is 4.90 Å². The van der Waals surface area contributed by atoms with Gasteiger partial charge in [-0.2, -0.15) is 4.73 Å². The van der Waals surface area contributed by atoms with E-state index in [1.807, 2.05) is 25.1 Å². The molecule has 2 heterocycles. The maximum absolute atomic E-state index is 12.5. The SMILES string of the molecule is CCN(Cc1ccc2c(c1)OCO2)C(=O)c1cc[n+]([O-])cc1. The van der Waals surface area contributed by atoms with Crippen LogP contribution >= 0.6 is 0 Å². The monoisotopic (exact) mass is 300 g/mol. The number of ether oxygens (including phenoxy) is 2. The minimum absolute atomic E-state index is 0.110. The van der Waals surface area contributed by atoms with Crippen molar-refractivity contribution < 1.29 is 19.0 Å². The maximum atomic E-state index is 12.5. The van der Waals surface area contributed by atoms with Crippen molar-refractivity contribution >= 4 is 5.91 Å². The van der Waals surface area contributed by atoms with E-state index < -0.39 is 0 Å². The van der Waals surface area contributed by atoms with Gasteiger partial charge >= 0.3 is 0 Å². The van der Waals surface area contributed by atoms with Crippen molar-refractivity contribution in [3.63, 3.8) is 0 Å². The van der Waals surface area contributed by atoms with Crippen molar-refractivity contribution in [2.75, 3.05) is 13.3 Å². The first-order chi connectivity index (χ1) is 10.7. The fourth-order valence-corrected chi connectivity index (χ4v) is 2.32. The number of carbonyl (C=O) groups excluding carboxylic acids is 1. The van der Waals surface area contributed by atoms with Gasteiger partial charge in [-0.25, -0.2) is 0 Å². The van der Waals surface area contributed by atoms with Crippen molar-refractivity contribution in [3.8, 4) is 11.5 Å². The van der Waals surface area contributed by atoms with E-state index in [4.69, 9.17) is 9.47 Å². The Morgan fingerprint density at radius 2 is 1.95 bits per heavy atom. The lowest BCUT2D eigenvalue weighted by Crippen LogP contribution is -2.31. The molecule has 0 aliphatic carbocycles. The number of nitrogens with zero attached hydrogens (tertiary/aromatic N) is 2. The normalized spacial score (nSPS) is 12.2. The molecular weight excluding hydrogens is 284 g/mol. The highest BCUT2D eigenvalue weighted by Crippen LogP contribution is 2.32. The molecule has 0 saturated carbocycles. The number of carbonyl (C=O) groups is 1. The first kappa shape index (κ1) is 14.2. The van der Waals surface area contributed by atoms with Crippen LogP contribution in [0, 0.1) is 5.21 Å². The molecule has 0 radical (unpaired) electrons. The summed E-state index contributed by atoms with van der Waals surface area (Å²) in [5, 5.41) is 11.0. The number of amides is 1. The maximum Gasteiger partial charge on any atom is 0.254 e. The van der Waals surface area contributed by atoms with Crippen LogP contribution in [0.4, 0.5) is 0 Å². The molecule has 1 aliphatic rings. The van der Waals surface area contributed by atoms with Gasteiger partial charge in [0.05, 0.1) is 5.56 Å². The molecule has 0 saturated heterocycles. The van der Waals surface area contributed by atoms with Gasteiger partial charge in [0, 0.05) is 25.2 Å². The fourth-order valence-electron chi connectivity index (χ4n) is 2.32. The summed E-state index contributed by atoms with van der Waals surface area (Å²) in [7, 11) is 0. The van der Waals surface area contributed by atoms with E-state index in [1.54, 1.807) is 4.90 Å². The van der Waals surface area contributed by atoms with Crippen LogP contribution in [0.3, 0.4) is 0 Å². The summed E-state index contributed by atoms with van der Waals surface area (Å²) >= 11 is 0. The third kappa shape index (κ3) is 2.81. The molecule has 6 nitrogen and oxygen atoms in total. The molecule has 0 atom stereocenters. The second-order valence-corrected chi connectivity index (χ2v) is 4.95. The van der Waals surface area contributed by atoms with Gasteiger partial charge < -0.3 is 19.6 Å². The highest BCUT2D eigenvalue weighted by Gasteiger charge is 2.18. The van der Waals surface area contributed by atoms with Gasteiger partial charge in [-0.1, -0.05) is 6.07 Å². The highest BCUT2D eigenvalue weighted by atomic mass is 16.7. The molecule has 1 aromatic heterocycles. The van der Waals surface area contributed by atoms with Crippen LogP contribution in [-0.4, -0.2) is 24.1 Å². The fraction of sp³-hybridized carbons (Fsp3) is 0.250. The van der Waals surface area contributed by atoms with E-state index in [2.05, 4.69) is 0 Å². The van der Waals surface area contributed by atoms with Crippen LogP contribution in [0.25, 0.3) is 0 Å². The molecule has 2 aromatic rings. The van der Waals surface area contributed by atoms with Crippen LogP contribution in [0.1, 0.15) is 22.8 Å². The van der Waals surface area contributed by atoms with Crippen LogP contribution in [-0.2, 0) is 6.54 Å². The largest absolute Gasteiger partial charge is 0.619 e. The summed E-state index contributed by atoms with van der Waals surface area (Å²) in [6, 6.07) is 8.70. The lowest BCUT2D eigenvalue weighted by molar-refractivity contribution is -0.605. The van der Waals surface area contributed by atoms with Gasteiger partial charge in [0.15, 0.2) is 23.9 Å². The molecule has 3 rings (SSSR count). The van der Waals surface area contributed by atoms with Crippen LogP contribution in [0.5, 0.6) is 11.5 Å². The molecule has 0 bridgehead atoms. The smallest absolute Gasteiger partial charge is 0.254 e. The predicted molar refractivity (Wildman–Crippen MR) is 78.4 cm³/mol. The quantitative estimate of drug-likeness (QED) is 0.637. The molecule has 0 fully saturated rings. The second kappa shape index (κ2) is 5.93. The predicted octanol–water partition coefficient (Wildman–Crippen LogP) is 1.71. The molecule has 114 valence electrons. The van der Waals surface area contributed by atoms with E-state index in [0.29, 0.717) is 29.1 Å². The molecule has 0 N–H and O–H groups in total. The lowest BCUT2D eigenvalue weighted by atomic mass is 10.1. The Kier molecular flexibility index (Phi) is 3.82. The van der Waals surface area contributed by atoms with Crippen LogP contribution in [0.15, 0.2) is 42.7 Å². The Morgan fingerprint density at radius 1 is 1.23 bits per heavy atom. The summed E-state index contributed by atoms with van der Waals surface area (Å²) in [5.41, 5.74) is 1.46. The van der Waals surface area contributed by atoms with Gasteiger partial charge in [-0.05, 0) is 24.6 Å². The number of benzene rings is 1. The van der Waals surface area contributed by atoms with Crippen LogP contribution in [0.2, 0.25) is 0 Å². The Bertz CT molecular complexity index is 685. The second-order valence-electron chi connectivity index (χ2n) is 4.95. The number of hydrogen-bond donors (Lipinski definition) is 0. The topological polar surface area (TPSA) is 65.7 Å². The molecule has 1 amide bonds. The molecule has 1 aliphatic heterocycles. The number of aromatic nitrogens is 1. The van der Waals surface area contributed by atoms with E-state index in [1.165, 1.54) is 24.5 Å². The van der Waals surface area contributed by atoms with Crippen molar-refractivity contribution in [1.29, 1.82) is 0 Å². The standard InChI is InChI=1S/C16H16N2O4/c1-2-17(16(19)13-5-7-18(20)8-6-13)10-12-3-4-14-15(9-12)22-11-21-14/h3-9H,2,10-11H2,1H3. The Labute approximate surface area is 128 Å². The first-order valence-corrected chi connectivity index (χ1v) is 7.04. The average Bonchev–Trinajstić information content (AvgIpc) is 3.00. The Hall–Kier alpha value is -2.76. The van der Waals surface area contributed by atoms with Crippen LogP contribution < -0.4 is 14.2 Å². The minimum Gasteiger partial charge on any atom is -0.619 e. The summed E-state index contributed by atoms with van der Waals surface area (Å²) in [6.07, 6.45) is 2.64. The number of pyridine rings is 1. The highest BCUT2D eigenvalue weighted by molar-refractivity contribution is 5.93. The molecule has 22 heavy (non-hydrogen) atoms. The summed E-state index contributed by atoms with van der Waals surface area (Å²) < 4.78 is 11.3. The Balaban J connectivity index is 1.76. The number of fused-ring (bicyclic) bond motifs is 1. The number of hydrogen-bond acceptors (Lipinski definition) is 4. The Morgan fingerprint density at radius 3 is 2.68 bits per heavy atom. The average molecular weight is 300 g/mol. The molecular formula is C16H16N2O4. The molecule has 0 unspecified atom stereocenters. The van der Waals surface area contributed by atoms with E-state index >= 15 is 0 Å². The summed E-state index contributed by atoms with van der Waals surface area (Å²) in [6.45, 7) is 3.19. The zero-order chi connectivity index (χ0) is 15.5. The summed E-state index contributed by atoms with van der Waals surface area (Å²) in [5.74, 6) is 1.31. The van der Waals surface area contributed by atoms with E-state index in [0.717, 1.165) is 11.3 Å². The molecule has 1 aromatic carbocycles. The first-order valence-electron chi connectivity index (χ1n) is 7.04. The minimum atomic E-state index is -0.110. The zero-order valence-corrected chi connectivity index (χ0v) is 12.2. The summed E-state index contributed by atoms with van der Waals surface area (Å²) in [4.78, 5) is 14.2. The van der Waals surface area contributed by atoms with Gasteiger partial charge in [-0.3, -0.25) is 4.79 Å². The van der Waals surface area contributed by atoms with Gasteiger partial charge in [0.2, 0.25) is 6.79 Å². The van der Waals surface area contributed by atoms with E-state index in [9.17, 15) is 10.0 Å². The van der Waals surface area contributed by atoms with E-state index in [-0.39, 0.29) is 12.7 Å². The lowest BCUT2D eigenvalue weighted by Gasteiger charge is -2.21. The zero-order valence-electron chi connectivity index (χ0n) is 12.2. The third-order valence-electron chi connectivity index (χ3n) is 3.53. The molecule has 0 spiro atoms. The third-order valence-corrected chi connectivity index (χ3v) is 3.53. The van der Waals surface area contributed by atoms with Gasteiger partial charge in [-0.15, -0.1) is 0 Å². The van der Waals surface area contributed by atoms with Gasteiger partial charge in [0.25, 0.3) is 5.91 Å². The molecule has 6 heteroatoms. The number of rotatable bonds is 4. The van der Waals surface area contributed by atoms with Crippen molar-refractivity contribution in [2.24, 2.45) is 0 Å². The van der Waals surface area contributed by atoms with Crippen molar-refractivity contribution in [2.45, 2.75) is 13.5 Å².